The second kappa shape index (κ2) is 5.06. The Labute approximate surface area is 113 Å². The van der Waals surface area contributed by atoms with E-state index in [-0.39, 0.29) is 16.2 Å². The molecule has 0 saturated carbocycles. The van der Waals surface area contributed by atoms with Gasteiger partial charge in [-0.3, -0.25) is 0 Å². The quantitative estimate of drug-likeness (QED) is 0.453. The number of nitrogens with zero attached hydrogens (tertiary/aromatic N) is 6. The fourth-order valence-corrected chi connectivity index (χ4v) is 1.57. The van der Waals surface area contributed by atoms with Crippen molar-refractivity contribution in [3.05, 3.63) is 32.9 Å². The van der Waals surface area contributed by atoms with Gasteiger partial charge in [-0.25, -0.2) is 14.8 Å². The van der Waals surface area contributed by atoms with Crippen molar-refractivity contribution in [3.8, 4) is 5.82 Å². The summed E-state index contributed by atoms with van der Waals surface area (Å²) in [6.45, 7) is 0. The van der Waals surface area contributed by atoms with Gasteiger partial charge in [-0.05, 0) is 9.91 Å². The third-order valence-corrected chi connectivity index (χ3v) is 2.48. The zero-order chi connectivity index (χ0) is 14.0. The van der Waals surface area contributed by atoms with Crippen molar-refractivity contribution in [2.75, 3.05) is 7.11 Å². The molecule has 0 unspecified atom stereocenters. The molecule has 0 amide bonds. The molecule has 11 heteroatoms. The van der Waals surface area contributed by atoms with Gasteiger partial charge in [0.2, 0.25) is 0 Å². The standard InChI is InChI=1S/C8H5BrN6O4/c1-19-6(16)4-2-11-5(3-10-4)14-7(9)12-8(13-14)15(17)18/h2-3H,1H3. The first-order valence-electron chi connectivity index (χ1n) is 4.70. The number of hydrogen-bond donors (Lipinski definition) is 0. The zero-order valence-corrected chi connectivity index (χ0v) is 10.9. The molecule has 0 saturated heterocycles. The zero-order valence-electron chi connectivity index (χ0n) is 9.35. The van der Waals surface area contributed by atoms with Crippen LogP contribution in [-0.4, -0.2) is 42.7 Å². The van der Waals surface area contributed by atoms with E-state index in [9.17, 15) is 14.9 Å². The Kier molecular flexibility index (Phi) is 3.46. The molecule has 2 aromatic heterocycles. The topological polar surface area (TPSA) is 126 Å². The molecule has 2 aromatic rings. The molecule has 98 valence electrons. The highest BCUT2D eigenvalue weighted by Crippen LogP contribution is 2.15. The van der Waals surface area contributed by atoms with Gasteiger partial charge in [-0.15, -0.1) is 4.68 Å². The van der Waals surface area contributed by atoms with Crippen molar-refractivity contribution in [3.63, 3.8) is 0 Å². The van der Waals surface area contributed by atoms with E-state index in [0.717, 1.165) is 4.68 Å². The van der Waals surface area contributed by atoms with Crippen LogP contribution in [0, 0.1) is 10.1 Å². The molecule has 0 aliphatic heterocycles. The highest BCUT2D eigenvalue weighted by molar-refractivity contribution is 9.10. The summed E-state index contributed by atoms with van der Waals surface area (Å²) in [6.07, 6.45) is 2.39. The lowest BCUT2D eigenvalue weighted by molar-refractivity contribution is -0.394. The van der Waals surface area contributed by atoms with E-state index in [1.165, 1.54) is 19.5 Å². The Morgan fingerprint density at radius 3 is 2.68 bits per heavy atom. The van der Waals surface area contributed by atoms with Crippen LogP contribution in [0.3, 0.4) is 0 Å². The first-order chi connectivity index (χ1) is 9.02. The summed E-state index contributed by atoms with van der Waals surface area (Å²) in [5.74, 6) is -1.05. The number of methoxy groups -OCH3 is 1. The lowest BCUT2D eigenvalue weighted by Crippen LogP contribution is -2.07. The van der Waals surface area contributed by atoms with Gasteiger partial charge in [0.15, 0.2) is 11.5 Å². The van der Waals surface area contributed by atoms with Gasteiger partial charge in [0.1, 0.15) is 0 Å². The van der Waals surface area contributed by atoms with E-state index in [0.29, 0.717) is 0 Å². The van der Waals surface area contributed by atoms with Crippen molar-refractivity contribution in [2.24, 2.45) is 0 Å². The average Bonchev–Trinajstić information content (AvgIpc) is 2.80. The molecular weight excluding hydrogens is 324 g/mol. The van der Waals surface area contributed by atoms with Crippen LogP contribution in [0.15, 0.2) is 17.1 Å². The summed E-state index contributed by atoms with van der Waals surface area (Å²) in [5, 5.41) is 14.1. The largest absolute Gasteiger partial charge is 0.492 e. The smallest absolute Gasteiger partial charge is 0.464 e. The van der Waals surface area contributed by atoms with Gasteiger partial charge in [0, 0.05) is 21.0 Å². The summed E-state index contributed by atoms with van der Waals surface area (Å²) >= 11 is 3.01. The van der Waals surface area contributed by atoms with Crippen LogP contribution in [0.4, 0.5) is 5.95 Å². The highest BCUT2D eigenvalue weighted by atomic mass is 79.9. The molecular formula is C8H5BrN6O4. The number of esters is 1. The van der Waals surface area contributed by atoms with Crippen LogP contribution in [0.2, 0.25) is 0 Å². The van der Waals surface area contributed by atoms with Gasteiger partial charge in [0.25, 0.3) is 4.73 Å². The number of halogens is 1. The molecule has 19 heavy (non-hydrogen) atoms. The van der Waals surface area contributed by atoms with Gasteiger partial charge in [-0.2, -0.15) is 0 Å². The van der Waals surface area contributed by atoms with Crippen LogP contribution in [0.1, 0.15) is 10.5 Å². The fourth-order valence-electron chi connectivity index (χ4n) is 1.15. The number of aromatic nitrogens is 5. The Morgan fingerprint density at radius 2 is 2.21 bits per heavy atom. The molecule has 10 nitrogen and oxygen atoms in total. The van der Waals surface area contributed by atoms with Gasteiger partial charge >= 0.3 is 11.9 Å². The normalized spacial score (nSPS) is 10.2. The molecule has 2 heterocycles. The predicted octanol–water partition coefficient (Wildman–Crippen LogP) is 0.515. The summed E-state index contributed by atoms with van der Waals surface area (Å²) in [7, 11) is 1.22. The maximum absolute atomic E-state index is 11.2. The van der Waals surface area contributed by atoms with Crippen LogP contribution in [0.5, 0.6) is 0 Å². The third kappa shape index (κ3) is 2.54. The maximum Gasteiger partial charge on any atom is 0.492 e. The van der Waals surface area contributed by atoms with Gasteiger partial charge in [-0.1, -0.05) is 0 Å². The summed E-state index contributed by atoms with van der Waals surface area (Å²) in [6, 6.07) is 0. The first kappa shape index (κ1) is 13.0. The fraction of sp³-hybridized carbons (Fsp3) is 0.125. The number of carbonyl (C=O) groups excluding carboxylic acids is 1. The minimum absolute atomic E-state index is 0.0111. The second-order valence-electron chi connectivity index (χ2n) is 3.10. The number of ether oxygens (including phenoxy) is 1. The Hall–Kier alpha value is -2.43. The van der Waals surface area contributed by atoms with Crippen LogP contribution >= 0.6 is 15.9 Å². The lowest BCUT2D eigenvalue weighted by atomic mass is 10.4. The molecule has 0 radical (unpaired) electrons. The van der Waals surface area contributed by atoms with E-state index < -0.39 is 16.8 Å². The average molecular weight is 329 g/mol. The molecule has 0 N–H and O–H groups in total. The number of carbonyl (C=O) groups is 1. The highest BCUT2D eigenvalue weighted by Gasteiger charge is 2.22. The molecule has 0 spiro atoms. The Bertz CT molecular complexity index is 639. The molecule has 2 rings (SSSR count). The summed E-state index contributed by atoms with van der Waals surface area (Å²) in [4.78, 5) is 32.2. The van der Waals surface area contributed by atoms with E-state index in [1.807, 2.05) is 0 Å². The lowest BCUT2D eigenvalue weighted by Gasteiger charge is -1.99. The summed E-state index contributed by atoms with van der Waals surface area (Å²) < 4.78 is 5.64. The van der Waals surface area contributed by atoms with Crippen LogP contribution in [-0.2, 0) is 4.74 Å². The predicted molar refractivity (Wildman–Crippen MR) is 62.6 cm³/mol. The minimum atomic E-state index is -0.739. The van der Waals surface area contributed by atoms with Crippen LogP contribution in [0.25, 0.3) is 5.82 Å². The van der Waals surface area contributed by atoms with Crippen molar-refractivity contribution >= 4 is 27.8 Å². The van der Waals surface area contributed by atoms with Gasteiger partial charge < -0.3 is 14.9 Å². The van der Waals surface area contributed by atoms with E-state index in [1.54, 1.807) is 0 Å². The Balaban J connectivity index is 2.37. The van der Waals surface area contributed by atoms with Crippen molar-refractivity contribution in [2.45, 2.75) is 0 Å². The second-order valence-corrected chi connectivity index (χ2v) is 3.81. The minimum Gasteiger partial charge on any atom is -0.464 e. The number of rotatable bonds is 3. The summed E-state index contributed by atoms with van der Waals surface area (Å²) in [5.41, 5.74) is 0.0111. The third-order valence-electron chi connectivity index (χ3n) is 1.97. The first-order valence-corrected chi connectivity index (χ1v) is 5.50. The molecule has 0 aliphatic rings. The van der Waals surface area contributed by atoms with E-state index in [4.69, 9.17) is 0 Å². The molecule has 0 bridgehead atoms. The van der Waals surface area contributed by atoms with E-state index in [2.05, 4.69) is 40.7 Å². The van der Waals surface area contributed by atoms with Crippen molar-refractivity contribution < 1.29 is 14.5 Å². The molecule has 0 aromatic carbocycles. The Morgan fingerprint density at radius 1 is 1.47 bits per heavy atom. The number of nitro groups is 1. The SMILES string of the molecule is COC(=O)c1cnc(-n2nc([N+](=O)[O-])nc2Br)cn1. The monoisotopic (exact) mass is 328 g/mol. The molecule has 0 aliphatic carbocycles. The van der Waals surface area contributed by atoms with E-state index >= 15 is 0 Å². The number of hydrogen-bond acceptors (Lipinski definition) is 8. The maximum atomic E-state index is 11.2. The van der Waals surface area contributed by atoms with Crippen LogP contribution < -0.4 is 0 Å². The molecule has 0 fully saturated rings. The van der Waals surface area contributed by atoms with Gasteiger partial charge in [0.05, 0.1) is 19.5 Å². The van der Waals surface area contributed by atoms with Crippen molar-refractivity contribution in [1.82, 2.24) is 24.7 Å². The molecule has 0 atom stereocenters. The van der Waals surface area contributed by atoms with Crippen molar-refractivity contribution in [1.29, 1.82) is 0 Å².